The Labute approximate surface area is 110 Å². The molecular formula is C12H8F3N5. The average molecular weight is 279 g/mol. The first kappa shape index (κ1) is 12.4. The highest BCUT2D eigenvalue weighted by Gasteiger charge is 2.32. The summed E-state index contributed by atoms with van der Waals surface area (Å²) in [7, 11) is 0. The molecule has 0 aliphatic heterocycles. The van der Waals surface area contributed by atoms with Gasteiger partial charge in [0.05, 0.1) is 17.3 Å². The van der Waals surface area contributed by atoms with Crippen LogP contribution in [0.3, 0.4) is 0 Å². The van der Waals surface area contributed by atoms with Gasteiger partial charge in [0.25, 0.3) is 0 Å². The van der Waals surface area contributed by atoms with Crippen LogP contribution >= 0.6 is 0 Å². The summed E-state index contributed by atoms with van der Waals surface area (Å²) in [6.07, 6.45) is -1.55. The molecule has 0 atom stereocenters. The van der Waals surface area contributed by atoms with E-state index in [2.05, 4.69) is 15.1 Å². The van der Waals surface area contributed by atoms with Crippen molar-refractivity contribution in [3.05, 3.63) is 42.5 Å². The monoisotopic (exact) mass is 279 g/mol. The van der Waals surface area contributed by atoms with Gasteiger partial charge >= 0.3 is 6.18 Å². The summed E-state index contributed by atoms with van der Waals surface area (Å²) in [4.78, 5) is 8.01. The lowest BCUT2D eigenvalue weighted by molar-refractivity contribution is -0.137. The molecule has 8 heteroatoms. The molecule has 0 saturated heterocycles. The average Bonchev–Trinajstić information content (AvgIpc) is 2.87. The van der Waals surface area contributed by atoms with Crippen LogP contribution in [0.4, 0.5) is 18.9 Å². The third kappa shape index (κ3) is 2.04. The predicted molar refractivity (Wildman–Crippen MR) is 66.1 cm³/mol. The molecule has 1 aromatic carbocycles. The summed E-state index contributed by atoms with van der Waals surface area (Å²) in [5.41, 5.74) is 5.89. The van der Waals surface area contributed by atoms with Crippen LogP contribution in [0, 0.1) is 0 Å². The van der Waals surface area contributed by atoms with Crippen LogP contribution in [0.5, 0.6) is 0 Å². The molecule has 0 radical (unpaired) electrons. The Morgan fingerprint density at radius 1 is 1.15 bits per heavy atom. The van der Waals surface area contributed by atoms with Crippen LogP contribution in [0.25, 0.3) is 16.7 Å². The van der Waals surface area contributed by atoms with Crippen molar-refractivity contribution in [2.45, 2.75) is 6.18 Å². The maximum absolute atomic E-state index is 12.6. The minimum atomic E-state index is -4.44. The zero-order valence-corrected chi connectivity index (χ0v) is 9.96. The van der Waals surface area contributed by atoms with Crippen LogP contribution in [0.1, 0.15) is 5.56 Å². The second kappa shape index (κ2) is 4.19. The Kier molecular flexibility index (Phi) is 2.60. The Hall–Kier alpha value is -2.64. The van der Waals surface area contributed by atoms with Crippen molar-refractivity contribution >= 4 is 16.6 Å². The smallest absolute Gasteiger partial charge is 0.399 e. The number of halogens is 3. The second-order valence-electron chi connectivity index (χ2n) is 4.15. The number of alkyl halides is 3. The molecule has 0 aliphatic rings. The molecule has 2 aromatic heterocycles. The van der Waals surface area contributed by atoms with Gasteiger partial charge in [-0.25, -0.2) is 14.6 Å². The van der Waals surface area contributed by atoms with Gasteiger partial charge in [0.1, 0.15) is 6.33 Å². The maximum atomic E-state index is 12.6. The van der Waals surface area contributed by atoms with Gasteiger partial charge in [0.2, 0.25) is 0 Å². The number of aromatic nitrogens is 4. The normalized spacial score (nSPS) is 11.9. The van der Waals surface area contributed by atoms with Crippen molar-refractivity contribution < 1.29 is 13.2 Å². The third-order valence-corrected chi connectivity index (χ3v) is 2.77. The number of nitrogens with two attached hydrogens (primary N) is 1. The fourth-order valence-corrected chi connectivity index (χ4v) is 1.83. The van der Waals surface area contributed by atoms with E-state index in [0.29, 0.717) is 16.6 Å². The lowest BCUT2D eigenvalue weighted by Gasteiger charge is -2.05. The summed E-state index contributed by atoms with van der Waals surface area (Å²) in [6, 6.07) is 4.92. The van der Waals surface area contributed by atoms with E-state index in [-0.39, 0.29) is 5.82 Å². The zero-order chi connectivity index (χ0) is 14.3. The molecule has 0 saturated carbocycles. The first-order chi connectivity index (χ1) is 9.45. The Morgan fingerprint density at radius 3 is 2.65 bits per heavy atom. The standard InChI is InChI=1S/C12H8F3N5/c13-12(14,15)7-4-19-20(5-7)11-9-3-8(16)1-2-10(9)17-6-18-11/h1-6H,16H2. The van der Waals surface area contributed by atoms with Gasteiger partial charge in [-0.15, -0.1) is 0 Å². The van der Waals surface area contributed by atoms with Gasteiger partial charge in [-0.2, -0.15) is 18.3 Å². The van der Waals surface area contributed by atoms with E-state index in [1.54, 1.807) is 18.2 Å². The predicted octanol–water partition coefficient (Wildman–Crippen LogP) is 2.42. The molecule has 3 aromatic rings. The van der Waals surface area contributed by atoms with Gasteiger partial charge in [-0.3, -0.25) is 0 Å². The molecule has 0 bridgehead atoms. The minimum absolute atomic E-state index is 0.248. The number of benzene rings is 1. The number of fused-ring (bicyclic) bond motifs is 1. The van der Waals surface area contributed by atoms with Crippen LogP contribution in [-0.4, -0.2) is 19.7 Å². The highest BCUT2D eigenvalue weighted by molar-refractivity contribution is 5.87. The zero-order valence-electron chi connectivity index (χ0n) is 9.96. The van der Waals surface area contributed by atoms with Gasteiger partial charge in [0, 0.05) is 17.3 Å². The summed E-state index contributed by atoms with van der Waals surface area (Å²) in [5, 5.41) is 4.23. The molecule has 2 N–H and O–H groups in total. The molecule has 20 heavy (non-hydrogen) atoms. The molecule has 102 valence electrons. The van der Waals surface area contributed by atoms with Crippen molar-refractivity contribution in [1.29, 1.82) is 0 Å². The Bertz CT molecular complexity index is 778. The van der Waals surface area contributed by atoms with Crippen LogP contribution in [-0.2, 0) is 6.18 Å². The van der Waals surface area contributed by atoms with E-state index in [1.807, 2.05) is 0 Å². The molecule has 2 heterocycles. The first-order valence-corrected chi connectivity index (χ1v) is 5.57. The van der Waals surface area contributed by atoms with E-state index in [0.717, 1.165) is 17.1 Å². The van der Waals surface area contributed by atoms with Crippen molar-refractivity contribution in [1.82, 2.24) is 19.7 Å². The quantitative estimate of drug-likeness (QED) is 0.694. The number of hydrogen-bond acceptors (Lipinski definition) is 4. The van der Waals surface area contributed by atoms with Gasteiger partial charge < -0.3 is 5.73 Å². The fourth-order valence-electron chi connectivity index (χ4n) is 1.83. The maximum Gasteiger partial charge on any atom is 0.419 e. The molecule has 0 fully saturated rings. The molecule has 0 spiro atoms. The highest BCUT2D eigenvalue weighted by Crippen LogP contribution is 2.29. The summed E-state index contributed by atoms with van der Waals surface area (Å²) >= 11 is 0. The Morgan fingerprint density at radius 2 is 1.95 bits per heavy atom. The Balaban J connectivity index is 2.19. The molecule has 0 unspecified atom stereocenters. The second-order valence-corrected chi connectivity index (χ2v) is 4.15. The van der Waals surface area contributed by atoms with Crippen molar-refractivity contribution in [3.8, 4) is 5.82 Å². The third-order valence-electron chi connectivity index (χ3n) is 2.77. The molecular weight excluding hydrogens is 271 g/mol. The lowest BCUT2D eigenvalue weighted by Crippen LogP contribution is -2.04. The molecule has 3 rings (SSSR count). The fraction of sp³-hybridized carbons (Fsp3) is 0.0833. The van der Waals surface area contributed by atoms with Gasteiger partial charge in [-0.05, 0) is 18.2 Å². The van der Waals surface area contributed by atoms with E-state index < -0.39 is 11.7 Å². The van der Waals surface area contributed by atoms with Crippen molar-refractivity contribution in [2.24, 2.45) is 0 Å². The number of nitrogens with zero attached hydrogens (tertiary/aromatic N) is 4. The molecule has 5 nitrogen and oxygen atoms in total. The highest BCUT2D eigenvalue weighted by atomic mass is 19.4. The first-order valence-electron chi connectivity index (χ1n) is 5.57. The van der Waals surface area contributed by atoms with Crippen molar-refractivity contribution in [3.63, 3.8) is 0 Å². The minimum Gasteiger partial charge on any atom is -0.399 e. The number of hydrogen-bond donors (Lipinski definition) is 1. The van der Waals surface area contributed by atoms with E-state index in [9.17, 15) is 13.2 Å². The lowest BCUT2D eigenvalue weighted by atomic mass is 10.2. The summed E-state index contributed by atoms with van der Waals surface area (Å²) in [5.74, 6) is 0.248. The summed E-state index contributed by atoms with van der Waals surface area (Å²) in [6.45, 7) is 0. The largest absolute Gasteiger partial charge is 0.419 e. The van der Waals surface area contributed by atoms with Gasteiger partial charge in [-0.1, -0.05) is 0 Å². The van der Waals surface area contributed by atoms with Crippen LogP contribution in [0.2, 0.25) is 0 Å². The SMILES string of the molecule is Nc1ccc2ncnc(-n3cc(C(F)(F)F)cn3)c2c1. The van der Waals surface area contributed by atoms with Gasteiger partial charge in [0.15, 0.2) is 5.82 Å². The molecule has 0 aliphatic carbocycles. The summed E-state index contributed by atoms with van der Waals surface area (Å²) < 4.78 is 38.8. The van der Waals surface area contributed by atoms with E-state index in [4.69, 9.17) is 5.73 Å². The van der Waals surface area contributed by atoms with E-state index in [1.165, 1.54) is 6.33 Å². The van der Waals surface area contributed by atoms with Crippen molar-refractivity contribution in [2.75, 3.05) is 5.73 Å². The number of anilines is 1. The number of nitrogen functional groups attached to an aromatic ring is 1. The molecule has 0 amide bonds. The number of rotatable bonds is 1. The topological polar surface area (TPSA) is 69.6 Å². The van der Waals surface area contributed by atoms with E-state index >= 15 is 0 Å². The van der Waals surface area contributed by atoms with Crippen LogP contribution in [0.15, 0.2) is 36.9 Å². The van der Waals surface area contributed by atoms with Crippen LogP contribution < -0.4 is 5.73 Å².